The van der Waals surface area contributed by atoms with Gasteiger partial charge in [-0.25, -0.2) is 8.42 Å². The number of hydrogen-bond acceptors (Lipinski definition) is 4. The van der Waals surface area contributed by atoms with E-state index in [0.717, 1.165) is 48.2 Å². The van der Waals surface area contributed by atoms with Crippen LogP contribution >= 0.6 is 23.2 Å². The van der Waals surface area contributed by atoms with E-state index in [0.29, 0.717) is 27.7 Å². The minimum atomic E-state index is -3.83. The molecule has 202 valence electrons. The molecular formula is C27H35Cl2N3O4S. The van der Waals surface area contributed by atoms with Gasteiger partial charge >= 0.3 is 0 Å². The summed E-state index contributed by atoms with van der Waals surface area (Å²) in [5.74, 6) is -0.702. The summed E-state index contributed by atoms with van der Waals surface area (Å²) in [5, 5.41) is 4.05. The minimum Gasteiger partial charge on any atom is -0.352 e. The maximum Gasteiger partial charge on any atom is 0.244 e. The van der Waals surface area contributed by atoms with Gasteiger partial charge in [0.2, 0.25) is 21.8 Å². The highest BCUT2D eigenvalue weighted by Gasteiger charge is 2.33. The van der Waals surface area contributed by atoms with E-state index >= 15 is 0 Å². The highest BCUT2D eigenvalue weighted by Crippen LogP contribution is 2.27. The van der Waals surface area contributed by atoms with Gasteiger partial charge in [-0.2, -0.15) is 0 Å². The molecule has 1 N–H and O–H groups in total. The van der Waals surface area contributed by atoms with Crippen molar-refractivity contribution < 1.29 is 18.0 Å². The number of amides is 2. The summed E-state index contributed by atoms with van der Waals surface area (Å²) in [5.41, 5.74) is 1.77. The van der Waals surface area contributed by atoms with Crippen molar-refractivity contribution in [2.24, 2.45) is 0 Å². The summed E-state index contributed by atoms with van der Waals surface area (Å²) in [6.07, 6.45) is 6.57. The number of halogens is 2. The minimum absolute atomic E-state index is 0.0874. The molecule has 0 heterocycles. The first-order valence-electron chi connectivity index (χ1n) is 12.6. The lowest BCUT2D eigenvalue weighted by atomic mass is 9.95. The van der Waals surface area contributed by atoms with Crippen LogP contribution in [-0.2, 0) is 26.2 Å². The molecule has 1 atom stereocenters. The predicted molar refractivity (Wildman–Crippen MR) is 149 cm³/mol. The Morgan fingerprint density at radius 1 is 1.03 bits per heavy atom. The lowest BCUT2D eigenvalue weighted by molar-refractivity contribution is -0.140. The van der Waals surface area contributed by atoms with Gasteiger partial charge < -0.3 is 10.2 Å². The monoisotopic (exact) mass is 567 g/mol. The fraction of sp³-hybridized carbons (Fsp3) is 0.481. The normalized spacial score (nSPS) is 15.2. The standard InChI is InChI=1S/C27H35Cl2N3O4S/c1-4-24(27(34)30-23-8-6-5-7-9-23)31(17-20-11-14-21(28)15-12-20)26(33)18-32(37(3,35)36)25-16-22(29)13-10-19(25)2/h10-16,23-24H,4-9,17-18H2,1-3H3,(H,30,34)/t24-/m0/s1. The average molecular weight is 569 g/mol. The Morgan fingerprint density at radius 3 is 2.24 bits per heavy atom. The Kier molecular flexibility index (Phi) is 10.3. The Balaban J connectivity index is 1.93. The van der Waals surface area contributed by atoms with Gasteiger partial charge in [-0.1, -0.05) is 67.6 Å². The van der Waals surface area contributed by atoms with Crippen LogP contribution in [0.3, 0.4) is 0 Å². The molecule has 0 aliphatic heterocycles. The van der Waals surface area contributed by atoms with Gasteiger partial charge in [-0.3, -0.25) is 13.9 Å². The van der Waals surface area contributed by atoms with Crippen molar-refractivity contribution in [3.63, 3.8) is 0 Å². The number of aryl methyl sites for hydroxylation is 1. The van der Waals surface area contributed by atoms with Gasteiger partial charge in [-0.15, -0.1) is 0 Å². The highest BCUT2D eigenvalue weighted by atomic mass is 35.5. The van der Waals surface area contributed by atoms with E-state index in [4.69, 9.17) is 23.2 Å². The van der Waals surface area contributed by atoms with E-state index < -0.39 is 28.5 Å². The fourth-order valence-corrected chi connectivity index (χ4v) is 5.89. The maximum absolute atomic E-state index is 13.8. The lowest BCUT2D eigenvalue weighted by Gasteiger charge is -2.34. The molecule has 1 aliphatic rings. The van der Waals surface area contributed by atoms with Gasteiger partial charge in [0.05, 0.1) is 11.9 Å². The number of anilines is 1. The molecule has 1 aliphatic carbocycles. The zero-order valence-electron chi connectivity index (χ0n) is 21.5. The number of hydrogen-bond donors (Lipinski definition) is 1. The quantitative estimate of drug-likeness (QED) is 0.420. The van der Waals surface area contributed by atoms with Crippen LogP contribution in [0, 0.1) is 6.92 Å². The molecule has 1 fully saturated rings. The second-order valence-electron chi connectivity index (χ2n) is 9.62. The summed E-state index contributed by atoms with van der Waals surface area (Å²) >= 11 is 12.2. The van der Waals surface area contributed by atoms with Crippen molar-refractivity contribution in [1.82, 2.24) is 10.2 Å². The van der Waals surface area contributed by atoms with E-state index in [2.05, 4.69) is 5.32 Å². The van der Waals surface area contributed by atoms with Gasteiger partial charge in [0, 0.05) is 22.6 Å². The van der Waals surface area contributed by atoms with E-state index in [1.54, 1.807) is 43.3 Å². The van der Waals surface area contributed by atoms with E-state index in [-0.39, 0.29) is 18.5 Å². The van der Waals surface area contributed by atoms with Crippen molar-refractivity contribution in [2.75, 3.05) is 17.1 Å². The van der Waals surface area contributed by atoms with Crippen molar-refractivity contribution in [1.29, 1.82) is 0 Å². The molecule has 0 saturated heterocycles. The van der Waals surface area contributed by atoms with Crippen LogP contribution in [0.2, 0.25) is 10.0 Å². The molecule has 0 spiro atoms. The largest absolute Gasteiger partial charge is 0.352 e. The van der Waals surface area contributed by atoms with Crippen LogP contribution in [0.15, 0.2) is 42.5 Å². The first-order chi connectivity index (χ1) is 17.5. The van der Waals surface area contributed by atoms with Crippen LogP contribution in [0.25, 0.3) is 0 Å². The maximum atomic E-state index is 13.8. The number of rotatable bonds is 10. The Bertz CT molecular complexity index is 1200. The van der Waals surface area contributed by atoms with Crippen molar-refractivity contribution in [2.45, 2.75) is 71.0 Å². The molecule has 2 aromatic rings. The van der Waals surface area contributed by atoms with Gasteiger partial charge in [0.25, 0.3) is 0 Å². The van der Waals surface area contributed by atoms with Gasteiger partial charge in [0.15, 0.2) is 0 Å². The van der Waals surface area contributed by atoms with E-state index in [9.17, 15) is 18.0 Å². The zero-order chi connectivity index (χ0) is 27.2. The molecule has 2 aromatic carbocycles. The van der Waals surface area contributed by atoms with Crippen LogP contribution < -0.4 is 9.62 Å². The zero-order valence-corrected chi connectivity index (χ0v) is 23.9. The predicted octanol–water partition coefficient (Wildman–Crippen LogP) is 5.32. The van der Waals surface area contributed by atoms with Gasteiger partial charge in [-0.05, 0) is 61.6 Å². The molecule has 0 unspecified atom stereocenters. The number of nitrogens with one attached hydrogen (secondary N) is 1. The molecule has 3 rings (SSSR count). The number of benzene rings is 2. The Labute approximate surface area is 230 Å². The lowest BCUT2D eigenvalue weighted by Crippen LogP contribution is -2.54. The molecule has 1 saturated carbocycles. The third-order valence-corrected chi connectivity index (χ3v) is 8.34. The van der Waals surface area contributed by atoms with Crippen LogP contribution in [0.5, 0.6) is 0 Å². The Morgan fingerprint density at radius 2 is 1.65 bits per heavy atom. The highest BCUT2D eigenvalue weighted by molar-refractivity contribution is 7.92. The van der Waals surface area contributed by atoms with Gasteiger partial charge in [0.1, 0.15) is 12.6 Å². The van der Waals surface area contributed by atoms with E-state index in [1.807, 2.05) is 6.92 Å². The topological polar surface area (TPSA) is 86.8 Å². The number of carbonyl (C=O) groups is 2. The third kappa shape index (κ3) is 8.09. The molecule has 10 heteroatoms. The Hall–Kier alpha value is -2.29. The smallest absolute Gasteiger partial charge is 0.244 e. The van der Waals surface area contributed by atoms with Crippen LogP contribution in [0.4, 0.5) is 5.69 Å². The van der Waals surface area contributed by atoms with E-state index in [1.165, 1.54) is 11.0 Å². The van der Waals surface area contributed by atoms with Crippen LogP contribution in [-0.4, -0.2) is 50.0 Å². The first kappa shape index (κ1) is 29.3. The molecular weight excluding hydrogens is 533 g/mol. The molecule has 0 radical (unpaired) electrons. The molecule has 37 heavy (non-hydrogen) atoms. The summed E-state index contributed by atoms with van der Waals surface area (Å²) in [6.45, 7) is 3.29. The SMILES string of the molecule is CC[C@@H](C(=O)NC1CCCCC1)N(Cc1ccc(Cl)cc1)C(=O)CN(c1cc(Cl)ccc1C)S(C)(=O)=O. The third-order valence-electron chi connectivity index (χ3n) is 6.72. The molecule has 0 bridgehead atoms. The second-order valence-corrected chi connectivity index (χ2v) is 12.4. The second kappa shape index (κ2) is 13.0. The molecule has 0 aromatic heterocycles. The first-order valence-corrected chi connectivity index (χ1v) is 15.2. The van der Waals surface area contributed by atoms with Crippen LogP contribution in [0.1, 0.15) is 56.6 Å². The van der Waals surface area contributed by atoms with Crippen molar-refractivity contribution >= 4 is 50.7 Å². The molecule has 7 nitrogen and oxygen atoms in total. The number of carbonyl (C=O) groups excluding carboxylic acids is 2. The fourth-order valence-electron chi connectivity index (χ4n) is 4.70. The number of sulfonamides is 1. The summed E-state index contributed by atoms with van der Waals surface area (Å²) in [4.78, 5) is 28.7. The van der Waals surface area contributed by atoms with Crippen molar-refractivity contribution in [3.8, 4) is 0 Å². The summed E-state index contributed by atoms with van der Waals surface area (Å²) < 4.78 is 26.7. The number of nitrogens with zero attached hydrogens (tertiary/aromatic N) is 2. The van der Waals surface area contributed by atoms with Crippen molar-refractivity contribution in [3.05, 3.63) is 63.6 Å². The average Bonchev–Trinajstić information content (AvgIpc) is 2.85. The summed E-state index contributed by atoms with van der Waals surface area (Å²) in [6, 6.07) is 11.3. The molecule has 2 amide bonds. The summed E-state index contributed by atoms with van der Waals surface area (Å²) in [7, 11) is -3.83.